The molecule has 0 saturated carbocycles. The van der Waals surface area contributed by atoms with Crippen molar-refractivity contribution in [2.45, 2.75) is 26.8 Å². The Kier molecular flexibility index (Phi) is 6.06. The first-order valence-electron chi connectivity index (χ1n) is 10.6. The highest BCUT2D eigenvalue weighted by Gasteiger charge is 2.21. The molecular formula is C26H23F2N3O3. The topological polar surface area (TPSA) is 101 Å². The summed E-state index contributed by atoms with van der Waals surface area (Å²) >= 11 is 0. The van der Waals surface area contributed by atoms with Crippen molar-refractivity contribution in [3.05, 3.63) is 98.7 Å². The van der Waals surface area contributed by atoms with E-state index >= 15 is 0 Å². The zero-order valence-electron chi connectivity index (χ0n) is 18.8. The summed E-state index contributed by atoms with van der Waals surface area (Å²) in [6.45, 7) is 5.25. The Morgan fingerprint density at radius 1 is 1.09 bits per heavy atom. The van der Waals surface area contributed by atoms with Crippen molar-refractivity contribution in [2.75, 3.05) is 5.32 Å². The largest absolute Gasteiger partial charge is 0.455 e. The summed E-state index contributed by atoms with van der Waals surface area (Å²) in [4.78, 5) is 13.2. The minimum atomic E-state index is -0.661. The SMILES string of the molecule is Cc1cc([C@@H](C)Nc2cccc(F)c2C(N)=NO)c2oc(-c3ccccc3F)c(C)c(=O)c2c1. The van der Waals surface area contributed by atoms with Crippen molar-refractivity contribution in [2.24, 2.45) is 10.9 Å². The second-order valence-electron chi connectivity index (χ2n) is 8.11. The number of benzene rings is 3. The van der Waals surface area contributed by atoms with Crippen molar-refractivity contribution < 1.29 is 18.4 Å². The number of nitrogens with zero attached hydrogens (tertiary/aromatic N) is 1. The lowest BCUT2D eigenvalue weighted by atomic mass is 9.98. The number of aryl methyl sites for hydroxylation is 1. The Morgan fingerprint density at radius 2 is 1.79 bits per heavy atom. The van der Waals surface area contributed by atoms with Gasteiger partial charge in [0.15, 0.2) is 11.3 Å². The molecule has 4 N–H and O–H groups in total. The zero-order chi connectivity index (χ0) is 24.6. The molecule has 1 heterocycles. The molecule has 0 unspecified atom stereocenters. The molecule has 0 bridgehead atoms. The Hall–Kier alpha value is -4.20. The van der Waals surface area contributed by atoms with Gasteiger partial charge >= 0.3 is 0 Å². The standard InChI is InChI=1S/C26H23F2N3O3/c1-13-11-17(15(3)30-21-10-6-9-20(28)22(21)26(29)31-33)25-18(12-13)23(32)14(2)24(34-25)16-7-4-5-8-19(16)27/h4-12,15,30,33H,1-3H3,(H2,29,31)/t15-/m1/s1. The molecule has 1 atom stereocenters. The third-order valence-electron chi connectivity index (χ3n) is 5.73. The van der Waals surface area contributed by atoms with Crippen molar-refractivity contribution in [1.82, 2.24) is 0 Å². The van der Waals surface area contributed by atoms with Crippen LogP contribution < -0.4 is 16.5 Å². The van der Waals surface area contributed by atoms with Crippen LogP contribution in [0.5, 0.6) is 0 Å². The zero-order valence-corrected chi connectivity index (χ0v) is 18.8. The molecule has 4 aromatic rings. The highest BCUT2D eigenvalue weighted by molar-refractivity contribution is 6.02. The number of amidine groups is 1. The normalized spacial score (nSPS) is 12.7. The van der Waals surface area contributed by atoms with Crippen LogP contribution >= 0.6 is 0 Å². The van der Waals surface area contributed by atoms with E-state index in [1.54, 1.807) is 44.2 Å². The van der Waals surface area contributed by atoms with E-state index in [1.165, 1.54) is 18.2 Å². The predicted octanol–water partition coefficient (Wildman–Crippen LogP) is 5.62. The number of halogens is 2. The molecule has 34 heavy (non-hydrogen) atoms. The quantitative estimate of drug-likeness (QED) is 0.154. The van der Waals surface area contributed by atoms with Gasteiger partial charge in [-0.2, -0.15) is 0 Å². The van der Waals surface area contributed by atoms with Crippen LogP contribution in [0.15, 0.2) is 69.0 Å². The first kappa shape index (κ1) is 23.0. The van der Waals surface area contributed by atoms with Crippen molar-refractivity contribution in [3.8, 4) is 11.3 Å². The van der Waals surface area contributed by atoms with Gasteiger partial charge in [0.25, 0.3) is 0 Å². The number of fused-ring (bicyclic) bond motifs is 1. The minimum Gasteiger partial charge on any atom is -0.455 e. The van der Waals surface area contributed by atoms with Gasteiger partial charge in [-0.3, -0.25) is 4.79 Å². The minimum absolute atomic E-state index is 0.0850. The Balaban J connectivity index is 1.91. The second kappa shape index (κ2) is 8.97. The predicted molar refractivity (Wildman–Crippen MR) is 128 cm³/mol. The van der Waals surface area contributed by atoms with Gasteiger partial charge in [0, 0.05) is 16.8 Å². The summed E-state index contributed by atoms with van der Waals surface area (Å²) in [5.41, 5.74) is 7.83. The van der Waals surface area contributed by atoms with Crippen molar-refractivity contribution >= 4 is 22.5 Å². The molecule has 0 aliphatic rings. The first-order chi connectivity index (χ1) is 16.2. The average molecular weight is 463 g/mol. The number of nitrogens with one attached hydrogen (secondary N) is 1. The fourth-order valence-electron chi connectivity index (χ4n) is 4.06. The van der Waals surface area contributed by atoms with E-state index in [1.807, 2.05) is 13.0 Å². The van der Waals surface area contributed by atoms with Crippen LogP contribution in [0.1, 0.15) is 35.2 Å². The van der Waals surface area contributed by atoms with Gasteiger partial charge in [-0.15, -0.1) is 0 Å². The summed E-state index contributed by atoms with van der Waals surface area (Å²) < 4.78 is 35.1. The molecule has 8 heteroatoms. The van der Waals surface area contributed by atoms with Crippen LogP contribution in [0, 0.1) is 25.5 Å². The van der Waals surface area contributed by atoms with Crippen LogP contribution in [-0.4, -0.2) is 11.0 Å². The molecular weight excluding hydrogens is 440 g/mol. The Bertz CT molecular complexity index is 1500. The molecule has 0 spiro atoms. The van der Waals surface area contributed by atoms with E-state index in [-0.39, 0.29) is 28.2 Å². The summed E-state index contributed by atoms with van der Waals surface area (Å²) in [5, 5.41) is 15.5. The lowest BCUT2D eigenvalue weighted by Crippen LogP contribution is -2.19. The Morgan fingerprint density at radius 3 is 2.50 bits per heavy atom. The molecule has 6 nitrogen and oxygen atoms in total. The number of anilines is 1. The first-order valence-corrected chi connectivity index (χ1v) is 10.6. The summed E-state index contributed by atoms with van der Waals surface area (Å²) in [5.74, 6) is -1.40. The van der Waals surface area contributed by atoms with Crippen molar-refractivity contribution in [1.29, 1.82) is 0 Å². The van der Waals surface area contributed by atoms with Gasteiger partial charge in [-0.1, -0.05) is 29.4 Å². The molecule has 0 aliphatic carbocycles. The maximum absolute atomic E-state index is 14.5. The van der Waals surface area contributed by atoms with Crippen LogP contribution in [0.3, 0.4) is 0 Å². The lowest BCUT2D eigenvalue weighted by molar-refractivity contribution is 0.318. The lowest BCUT2D eigenvalue weighted by Gasteiger charge is -2.20. The van der Waals surface area contributed by atoms with Gasteiger partial charge < -0.3 is 20.7 Å². The number of hydrogen-bond donors (Lipinski definition) is 3. The van der Waals surface area contributed by atoms with Crippen LogP contribution in [-0.2, 0) is 0 Å². The van der Waals surface area contributed by atoms with Crippen molar-refractivity contribution in [3.63, 3.8) is 0 Å². The molecule has 4 rings (SSSR count). The maximum Gasteiger partial charge on any atom is 0.196 e. The van der Waals surface area contributed by atoms with Gasteiger partial charge in [0.2, 0.25) is 0 Å². The van der Waals surface area contributed by atoms with E-state index < -0.39 is 17.7 Å². The molecule has 0 saturated heterocycles. The molecule has 174 valence electrons. The molecule has 3 aromatic carbocycles. The van der Waals surface area contributed by atoms with Gasteiger partial charge in [0.05, 0.1) is 22.6 Å². The third kappa shape index (κ3) is 3.98. The summed E-state index contributed by atoms with van der Waals surface area (Å²) in [7, 11) is 0. The fourth-order valence-corrected chi connectivity index (χ4v) is 4.06. The molecule has 0 fully saturated rings. The van der Waals surface area contributed by atoms with E-state index in [0.29, 0.717) is 27.8 Å². The number of hydrogen-bond acceptors (Lipinski definition) is 5. The van der Waals surface area contributed by atoms with Gasteiger partial charge in [0.1, 0.15) is 23.0 Å². The van der Waals surface area contributed by atoms with Crippen LogP contribution in [0.4, 0.5) is 14.5 Å². The average Bonchev–Trinajstić information content (AvgIpc) is 2.81. The monoisotopic (exact) mass is 463 g/mol. The van der Waals surface area contributed by atoms with Crippen LogP contribution in [0.2, 0.25) is 0 Å². The second-order valence-corrected chi connectivity index (χ2v) is 8.11. The molecule has 1 aromatic heterocycles. The molecule has 0 amide bonds. The number of oxime groups is 1. The third-order valence-corrected chi connectivity index (χ3v) is 5.73. The van der Waals surface area contributed by atoms with E-state index in [9.17, 15) is 13.6 Å². The number of nitrogens with two attached hydrogens (primary N) is 1. The maximum atomic E-state index is 14.5. The molecule has 0 aliphatic heterocycles. The number of rotatable bonds is 5. The highest BCUT2D eigenvalue weighted by Crippen LogP contribution is 2.33. The van der Waals surface area contributed by atoms with Gasteiger partial charge in [-0.25, -0.2) is 8.78 Å². The van der Waals surface area contributed by atoms with Crippen LogP contribution in [0.25, 0.3) is 22.3 Å². The van der Waals surface area contributed by atoms with Gasteiger partial charge in [-0.05, 0) is 56.7 Å². The van der Waals surface area contributed by atoms with E-state index in [0.717, 1.165) is 5.56 Å². The van der Waals surface area contributed by atoms with E-state index in [2.05, 4.69) is 10.5 Å². The fraction of sp³-hybridized carbons (Fsp3) is 0.154. The summed E-state index contributed by atoms with van der Waals surface area (Å²) in [6, 6.07) is 13.4. The smallest absolute Gasteiger partial charge is 0.196 e. The summed E-state index contributed by atoms with van der Waals surface area (Å²) in [6.07, 6.45) is 0. The Labute approximate surface area is 194 Å². The van der Waals surface area contributed by atoms with E-state index in [4.69, 9.17) is 15.4 Å². The molecule has 0 radical (unpaired) electrons. The highest BCUT2D eigenvalue weighted by atomic mass is 19.1.